The predicted octanol–water partition coefficient (Wildman–Crippen LogP) is 2.76. The topological polar surface area (TPSA) is 31.4 Å². The van der Waals surface area contributed by atoms with Crippen molar-refractivity contribution in [2.75, 3.05) is 48.3 Å². The lowest BCUT2D eigenvalue weighted by molar-refractivity contribution is 0.652. The standard InChI is InChI=1S/C17H22N4/c1-14-4-3-5-16(10-14)20-6-8-21(9-7-20)17-11-15(18-2)12-19-13-17/h3-5,10-13,18H,6-9H2,1-2H3. The Morgan fingerprint density at radius 3 is 2.33 bits per heavy atom. The van der Waals surface area contributed by atoms with Crippen LogP contribution in [0.25, 0.3) is 0 Å². The second-order valence-electron chi connectivity index (χ2n) is 5.49. The Kier molecular flexibility index (Phi) is 3.95. The van der Waals surface area contributed by atoms with E-state index >= 15 is 0 Å². The molecule has 1 N–H and O–H groups in total. The highest BCUT2D eigenvalue weighted by molar-refractivity contribution is 5.57. The summed E-state index contributed by atoms with van der Waals surface area (Å²) in [6.45, 7) is 6.31. The van der Waals surface area contributed by atoms with Crippen molar-refractivity contribution in [3.8, 4) is 0 Å². The average molecular weight is 282 g/mol. The summed E-state index contributed by atoms with van der Waals surface area (Å²) in [5.74, 6) is 0. The van der Waals surface area contributed by atoms with E-state index in [2.05, 4.69) is 57.4 Å². The van der Waals surface area contributed by atoms with Crippen LogP contribution in [0.4, 0.5) is 17.1 Å². The van der Waals surface area contributed by atoms with Crippen molar-refractivity contribution in [2.24, 2.45) is 0 Å². The molecule has 1 aliphatic rings. The van der Waals surface area contributed by atoms with Crippen LogP contribution in [-0.4, -0.2) is 38.2 Å². The van der Waals surface area contributed by atoms with Gasteiger partial charge in [-0.1, -0.05) is 12.1 Å². The lowest BCUT2D eigenvalue weighted by Gasteiger charge is -2.37. The van der Waals surface area contributed by atoms with Crippen LogP contribution in [0.2, 0.25) is 0 Å². The van der Waals surface area contributed by atoms with Gasteiger partial charge < -0.3 is 15.1 Å². The van der Waals surface area contributed by atoms with Gasteiger partial charge in [-0.25, -0.2) is 0 Å². The molecule has 21 heavy (non-hydrogen) atoms. The Balaban J connectivity index is 1.67. The number of anilines is 3. The molecule has 2 aromatic rings. The number of rotatable bonds is 3. The highest BCUT2D eigenvalue weighted by Gasteiger charge is 2.17. The normalized spacial score (nSPS) is 15.1. The lowest BCUT2D eigenvalue weighted by atomic mass is 10.2. The Morgan fingerprint density at radius 2 is 1.67 bits per heavy atom. The summed E-state index contributed by atoms with van der Waals surface area (Å²) in [4.78, 5) is 9.16. The fourth-order valence-electron chi connectivity index (χ4n) is 2.78. The van der Waals surface area contributed by atoms with E-state index in [4.69, 9.17) is 0 Å². The summed E-state index contributed by atoms with van der Waals surface area (Å²) < 4.78 is 0. The molecule has 4 heteroatoms. The molecular weight excluding hydrogens is 260 g/mol. The molecule has 3 rings (SSSR count). The van der Waals surface area contributed by atoms with Gasteiger partial charge in [-0.3, -0.25) is 4.98 Å². The number of nitrogens with zero attached hydrogens (tertiary/aromatic N) is 3. The van der Waals surface area contributed by atoms with Crippen LogP contribution in [-0.2, 0) is 0 Å². The van der Waals surface area contributed by atoms with Gasteiger partial charge in [0.25, 0.3) is 0 Å². The summed E-state index contributed by atoms with van der Waals surface area (Å²) in [5.41, 5.74) is 4.91. The van der Waals surface area contributed by atoms with Crippen molar-refractivity contribution in [3.63, 3.8) is 0 Å². The van der Waals surface area contributed by atoms with Crippen LogP contribution in [0, 0.1) is 6.92 Å². The zero-order valence-electron chi connectivity index (χ0n) is 12.7. The predicted molar refractivity (Wildman–Crippen MR) is 89.4 cm³/mol. The highest BCUT2D eigenvalue weighted by Crippen LogP contribution is 2.22. The number of pyridine rings is 1. The molecule has 0 aliphatic carbocycles. The number of benzene rings is 1. The fraction of sp³-hybridized carbons (Fsp3) is 0.353. The minimum atomic E-state index is 1.03. The molecule has 1 aliphatic heterocycles. The molecule has 0 spiro atoms. The third-order valence-electron chi connectivity index (χ3n) is 4.02. The van der Waals surface area contributed by atoms with Gasteiger partial charge in [0.15, 0.2) is 0 Å². The van der Waals surface area contributed by atoms with Crippen molar-refractivity contribution in [1.82, 2.24) is 4.98 Å². The molecule has 1 fully saturated rings. The largest absolute Gasteiger partial charge is 0.387 e. The maximum Gasteiger partial charge on any atom is 0.0574 e. The highest BCUT2D eigenvalue weighted by atomic mass is 15.3. The summed E-state index contributed by atoms with van der Waals surface area (Å²) in [5, 5.41) is 3.15. The van der Waals surface area contributed by atoms with Gasteiger partial charge in [0, 0.05) is 38.9 Å². The number of nitrogens with one attached hydrogen (secondary N) is 1. The number of aryl methyl sites for hydroxylation is 1. The zero-order valence-corrected chi connectivity index (χ0v) is 12.7. The van der Waals surface area contributed by atoms with Gasteiger partial charge in [-0.05, 0) is 30.7 Å². The Morgan fingerprint density at radius 1 is 0.952 bits per heavy atom. The molecule has 0 bridgehead atoms. The third kappa shape index (κ3) is 3.10. The minimum Gasteiger partial charge on any atom is -0.387 e. The van der Waals surface area contributed by atoms with E-state index in [1.165, 1.54) is 16.9 Å². The van der Waals surface area contributed by atoms with Crippen LogP contribution in [0.1, 0.15) is 5.56 Å². The quantitative estimate of drug-likeness (QED) is 0.938. The first-order valence-electron chi connectivity index (χ1n) is 7.45. The SMILES string of the molecule is CNc1cncc(N2CCN(c3cccc(C)c3)CC2)c1. The summed E-state index contributed by atoms with van der Waals surface area (Å²) in [6, 6.07) is 10.9. The molecule has 110 valence electrons. The van der Waals surface area contributed by atoms with E-state index in [0.717, 1.165) is 31.9 Å². The fourth-order valence-corrected chi connectivity index (χ4v) is 2.78. The number of hydrogen-bond donors (Lipinski definition) is 1. The van der Waals surface area contributed by atoms with E-state index in [1.54, 1.807) is 0 Å². The second-order valence-corrected chi connectivity index (χ2v) is 5.49. The molecule has 0 amide bonds. The van der Waals surface area contributed by atoms with Crippen LogP contribution in [0.5, 0.6) is 0 Å². The van der Waals surface area contributed by atoms with Gasteiger partial charge in [-0.2, -0.15) is 0 Å². The summed E-state index contributed by atoms with van der Waals surface area (Å²) in [6.07, 6.45) is 3.80. The first kappa shape index (κ1) is 13.7. The maximum absolute atomic E-state index is 4.30. The van der Waals surface area contributed by atoms with Crippen molar-refractivity contribution < 1.29 is 0 Å². The first-order chi connectivity index (χ1) is 10.3. The number of piperazine rings is 1. The molecule has 0 atom stereocenters. The van der Waals surface area contributed by atoms with Crippen LogP contribution in [0.3, 0.4) is 0 Å². The van der Waals surface area contributed by atoms with Crippen molar-refractivity contribution >= 4 is 17.1 Å². The van der Waals surface area contributed by atoms with E-state index in [9.17, 15) is 0 Å². The van der Waals surface area contributed by atoms with Crippen molar-refractivity contribution in [3.05, 3.63) is 48.3 Å². The monoisotopic (exact) mass is 282 g/mol. The van der Waals surface area contributed by atoms with Gasteiger partial charge in [0.2, 0.25) is 0 Å². The van der Waals surface area contributed by atoms with E-state index in [-0.39, 0.29) is 0 Å². The molecule has 1 aromatic carbocycles. The summed E-state index contributed by atoms with van der Waals surface area (Å²) in [7, 11) is 1.93. The van der Waals surface area contributed by atoms with Crippen LogP contribution in [0.15, 0.2) is 42.7 Å². The van der Waals surface area contributed by atoms with Crippen molar-refractivity contribution in [2.45, 2.75) is 6.92 Å². The average Bonchev–Trinajstić information content (AvgIpc) is 2.55. The number of hydrogen-bond acceptors (Lipinski definition) is 4. The molecule has 4 nitrogen and oxygen atoms in total. The van der Waals surface area contributed by atoms with E-state index in [0.29, 0.717) is 0 Å². The lowest BCUT2D eigenvalue weighted by Crippen LogP contribution is -2.46. The van der Waals surface area contributed by atoms with Gasteiger partial charge in [-0.15, -0.1) is 0 Å². The van der Waals surface area contributed by atoms with Crippen LogP contribution >= 0.6 is 0 Å². The molecular formula is C17H22N4. The second kappa shape index (κ2) is 6.04. The Hall–Kier alpha value is -2.23. The van der Waals surface area contributed by atoms with Gasteiger partial charge >= 0.3 is 0 Å². The van der Waals surface area contributed by atoms with Gasteiger partial charge in [0.1, 0.15) is 0 Å². The third-order valence-corrected chi connectivity index (χ3v) is 4.02. The van der Waals surface area contributed by atoms with Crippen molar-refractivity contribution in [1.29, 1.82) is 0 Å². The molecule has 0 radical (unpaired) electrons. The summed E-state index contributed by atoms with van der Waals surface area (Å²) >= 11 is 0. The Bertz CT molecular complexity index is 603. The van der Waals surface area contributed by atoms with E-state index < -0.39 is 0 Å². The molecule has 0 unspecified atom stereocenters. The molecule has 0 saturated carbocycles. The maximum atomic E-state index is 4.30. The smallest absolute Gasteiger partial charge is 0.0574 e. The first-order valence-corrected chi connectivity index (χ1v) is 7.45. The van der Waals surface area contributed by atoms with Gasteiger partial charge in [0.05, 0.1) is 23.8 Å². The molecule has 1 aromatic heterocycles. The minimum absolute atomic E-state index is 1.03. The van der Waals surface area contributed by atoms with Crippen LogP contribution < -0.4 is 15.1 Å². The van der Waals surface area contributed by atoms with E-state index in [1.807, 2.05) is 19.4 Å². The molecule has 1 saturated heterocycles. The molecule has 2 heterocycles. The number of aromatic nitrogens is 1. The Labute approximate surface area is 126 Å². The zero-order chi connectivity index (χ0) is 14.7.